The van der Waals surface area contributed by atoms with Gasteiger partial charge in [0.2, 0.25) is 0 Å². The molecule has 0 aromatic carbocycles. The van der Waals surface area contributed by atoms with Crippen molar-refractivity contribution < 1.29 is 0 Å². The summed E-state index contributed by atoms with van der Waals surface area (Å²) in [5.41, 5.74) is 17.3. The lowest BCUT2D eigenvalue weighted by Gasteiger charge is -2.13. The third-order valence-corrected chi connectivity index (χ3v) is 3.84. The third kappa shape index (κ3) is 8.13. The Bertz CT molecular complexity index is 689. The molecule has 0 aromatic heterocycles. The molecule has 0 heterocycles. The first-order chi connectivity index (χ1) is 12.5. The summed E-state index contributed by atoms with van der Waals surface area (Å²) in [7, 11) is 0. The van der Waals surface area contributed by atoms with E-state index in [-0.39, 0.29) is 6.67 Å². The number of allylic oxidation sites excluding steroid dienone is 6. The van der Waals surface area contributed by atoms with Crippen LogP contribution in [-0.2, 0) is 0 Å². The van der Waals surface area contributed by atoms with Crippen LogP contribution in [0.4, 0.5) is 0 Å². The highest BCUT2D eigenvalue weighted by atomic mass is 14.8. The fraction of sp³-hybridized carbons (Fsp3) is 0.455. The predicted molar refractivity (Wildman–Crippen MR) is 116 cm³/mol. The van der Waals surface area contributed by atoms with Crippen molar-refractivity contribution in [1.29, 1.82) is 0 Å². The minimum atomic E-state index is 0.248. The molecule has 4 heteroatoms. The normalized spacial score (nSPS) is 15.0. The average molecular weight is 355 g/mol. The Morgan fingerprint density at radius 1 is 1.12 bits per heavy atom. The van der Waals surface area contributed by atoms with Crippen molar-refractivity contribution in [3.63, 3.8) is 0 Å². The van der Waals surface area contributed by atoms with Gasteiger partial charge in [0.15, 0.2) is 0 Å². The highest BCUT2D eigenvalue weighted by Crippen LogP contribution is 2.25. The number of unbranched alkanes of at least 4 members (excludes halogenated alkanes) is 1. The molecule has 4 nitrogen and oxygen atoms in total. The van der Waals surface area contributed by atoms with Crippen LogP contribution in [-0.4, -0.2) is 19.1 Å². The van der Waals surface area contributed by atoms with Gasteiger partial charge in [-0.2, -0.15) is 0 Å². The molecule has 142 valence electrons. The number of hydrogen-bond acceptors (Lipinski definition) is 4. The Labute approximate surface area is 159 Å². The van der Waals surface area contributed by atoms with Gasteiger partial charge >= 0.3 is 0 Å². The number of nitrogens with two attached hydrogens (primary N) is 2. The van der Waals surface area contributed by atoms with Crippen LogP contribution in [0.1, 0.15) is 60.8 Å². The van der Waals surface area contributed by atoms with Gasteiger partial charge in [0.25, 0.3) is 0 Å². The van der Waals surface area contributed by atoms with Crippen LogP contribution < -0.4 is 11.5 Å². The number of aliphatic imine (C=N–C) groups is 2. The molecule has 0 aromatic rings. The second kappa shape index (κ2) is 13.9. The van der Waals surface area contributed by atoms with Crippen LogP contribution >= 0.6 is 0 Å². The molecule has 0 bridgehead atoms. The Balaban J connectivity index is 6.40. The van der Waals surface area contributed by atoms with Gasteiger partial charge < -0.3 is 11.5 Å². The molecule has 0 aliphatic carbocycles. The fourth-order valence-electron chi connectivity index (χ4n) is 2.17. The first-order valence-corrected chi connectivity index (χ1v) is 9.20. The van der Waals surface area contributed by atoms with E-state index in [1.54, 1.807) is 12.4 Å². The van der Waals surface area contributed by atoms with Crippen LogP contribution in [0.15, 0.2) is 55.8 Å². The van der Waals surface area contributed by atoms with E-state index in [1.807, 2.05) is 26.8 Å². The molecule has 0 aliphatic rings. The summed E-state index contributed by atoms with van der Waals surface area (Å²) < 4.78 is 0. The Kier molecular flexibility index (Phi) is 12.6. The zero-order valence-corrected chi connectivity index (χ0v) is 17.2. The maximum atomic E-state index is 6.48. The van der Waals surface area contributed by atoms with Gasteiger partial charge in [-0.15, -0.1) is 0 Å². The van der Waals surface area contributed by atoms with Crippen LogP contribution in [0.3, 0.4) is 0 Å². The van der Waals surface area contributed by atoms with Gasteiger partial charge in [0.1, 0.15) is 0 Å². The minimum absolute atomic E-state index is 0.248. The van der Waals surface area contributed by atoms with E-state index in [1.165, 1.54) is 0 Å². The quantitative estimate of drug-likeness (QED) is 0.378. The highest BCUT2D eigenvalue weighted by Gasteiger charge is 2.12. The van der Waals surface area contributed by atoms with Gasteiger partial charge in [-0.3, -0.25) is 9.98 Å². The Morgan fingerprint density at radius 3 is 2.31 bits per heavy atom. The molecular weight excluding hydrogens is 320 g/mol. The van der Waals surface area contributed by atoms with Gasteiger partial charge in [0, 0.05) is 40.5 Å². The first kappa shape index (κ1) is 23.6. The molecule has 0 spiro atoms. The van der Waals surface area contributed by atoms with Crippen LogP contribution in [0, 0.1) is 11.8 Å². The van der Waals surface area contributed by atoms with Crippen molar-refractivity contribution in [2.24, 2.45) is 21.5 Å². The van der Waals surface area contributed by atoms with Crippen LogP contribution in [0.5, 0.6) is 0 Å². The summed E-state index contributed by atoms with van der Waals surface area (Å²) in [5.74, 6) is 6.45. The van der Waals surface area contributed by atoms with Crippen molar-refractivity contribution in [3.05, 3.63) is 45.8 Å². The molecule has 26 heavy (non-hydrogen) atoms. The summed E-state index contributed by atoms with van der Waals surface area (Å²) in [5, 5.41) is 0. The van der Waals surface area contributed by atoms with Crippen LogP contribution in [0.2, 0.25) is 0 Å². The molecule has 0 aliphatic heterocycles. The molecule has 0 radical (unpaired) electrons. The topological polar surface area (TPSA) is 76.8 Å². The summed E-state index contributed by atoms with van der Waals surface area (Å²) in [6.45, 7) is 12.3. The number of hydrogen-bond donors (Lipinski definition) is 2. The second-order valence-corrected chi connectivity index (χ2v) is 5.79. The molecule has 0 rings (SSSR count). The van der Waals surface area contributed by atoms with E-state index < -0.39 is 0 Å². The molecule has 0 amide bonds. The zero-order chi connectivity index (χ0) is 19.9. The maximum Gasteiger partial charge on any atom is 0.0859 e. The number of nitrogens with zero attached hydrogens (tertiary/aromatic N) is 2. The molecule has 0 atom stereocenters. The lowest BCUT2D eigenvalue weighted by Crippen LogP contribution is -2.08. The summed E-state index contributed by atoms with van der Waals surface area (Å²) >= 11 is 0. The van der Waals surface area contributed by atoms with E-state index in [4.69, 9.17) is 11.5 Å². The fourth-order valence-corrected chi connectivity index (χ4v) is 2.17. The lowest BCUT2D eigenvalue weighted by molar-refractivity contribution is 0.951. The second-order valence-electron chi connectivity index (χ2n) is 5.79. The van der Waals surface area contributed by atoms with Crippen molar-refractivity contribution in [2.45, 2.75) is 60.8 Å². The average Bonchev–Trinajstić information content (AvgIpc) is 2.64. The van der Waals surface area contributed by atoms with Crippen molar-refractivity contribution in [1.82, 2.24) is 0 Å². The van der Waals surface area contributed by atoms with Crippen molar-refractivity contribution >= 4 is 12.4 Å². The molecule has 0 saturated heterocycles. The van der Waals surface area contributed by atoms with E-state index in [0.29, 0.717) is 0 Å². The van der Waals surface area contributed by atoms with E-state index in [0.717, 1.165) is 52.9 Å². The third-order valence-electron chi connectivity index (χ3n) is 3.84. The predicted octanol–water partition coefficient (Wildman–Crippen LogP) is 4.66. The van der Waals surface area contributed by atoms with E-state index in [9.17, 15) is 0 Å². The lowest BCUT2D eigenvalue weighted by atomic mass is 9.96. The highest BCUT2D eigenvalue weighted by molar-refractivity contribution is 5.85. The van der Waals surface area contributed by atoms with E-state index in [2.05, 4.69) is 48.7 Å². The summed E-state index contributed by atoms with van der Waals surface area (Å²) in [4.78, 5) is 8.52. The SMILES string of the molecule is CC=N/C(C)=C(C(/C#CC(/C=N\CN)=C/C)=C\CCC)\C(N)=C(/C)CC. The monoisotopic (exact) mass is 354 g/mol. The van der Waals surface area contributed by atoms with E-state index >= 15 is 0 Å². The molecule has 4 N–H and O–H groups in total. The molecule has 0 unspecified atom stereocenters. The Hall–Kier alpha value is -2.38. The van der Waals surface area contributed by atoms with Gasteiger partial charge in [0.05, 0.1) is 6.67 Å². The summed E-state index contributed by atoms with van der Waals surface area (Å²) in [6, 6.07) is 0. The molecular formula is C22H34N4. The van der Waals surface area contributed by atoms with Crippen molar-refractivity contribution in [2.75, 3.05) is 6.67 Å². The summed E-state index contributed by atoms with van der Waals surface area (Å²) in [6.07, 6.45) is 10.4. The largest absolute Gasteiger partial charge is 0.398 e. The Morgan fingerprint density at radius 2 is 1.81 bits per heavy atom. The van der Waals surface area contributed by atoms with Crippen molar-refractivity contribution in [3.8, 4) is 11.8 Å². The zero-order valence-electron chi connectivity index (χ0n) is 17.2. The minimum Gasteiger partial charge on any atom is -0.398 e. The standard InChI is InChI=1S/C22H34N4/c1-7-11-12-20(14-13-19(9-3)15-25-16-23)21(18(6)26-10-4)22(24)17(5)8-2/h9-10,12,15H,7-8,11,16,23-24H2,1-6H3/b19-9-,20-12-,21-18-,22-17-,25-15-,26-10?. The number of rotatable bonds is 8. The molecule has 0 saturated carbocycles. The maximum absolute atomic E-state index is 6.48. The van der Waals surface area contributed by atoms with Crippen LogP contribution in [0.25, 0.3) is 0 Å². The van der Waals surface area contributed by atoms with Gasteiger partial charge in [-0.1, -0.05) is 44.3 Å². The van der Waals surface area contributed by atoms with Gasteiger partial charge in [-0.05, 0) is 46.1 Å². The smallest absolute Gasteiger partial charge is 0.0859 e. The molecule has 0 fully saturated rings. The van der Waals surface area contributed by atoms with Gasteiger partial charge in [-0.25, -0.2) is 0 Å². The first-order valence-electron chi connectivity index (χ1n) is 9.20.